The average molecular weight is 346 g/mol. The molecule has 8 nitrogen and oxygen atoms in total. The number of carbonyl (C=O) groups excluding carboxylic acids is 2. The summed E-state index contributed by atoms with van der Waals surface area (Å²) in [6.07, 6.45) is -4.71. The van der Waals surface area contributed by atoms with E-state index in [9.17, 15) is 32.9 Å². The van der Waals surface area contributed by atoms with Gasteiger partial charge in [0.1, 0.15) is 5.69 Å². The lowest BCUT2D eigenvalue weighted by Gasteiger charge is -2.34. The minimum absolute atomic E-state index is 0.0833. The Labute approximate surface area is 133 Å². The third-order valence-electron chi connectivity index (χ3n) is 3.51. The Bertz CT molecular complexity index is 692. The van der Waals surface area contributed by atoms with Gasteiger partial charge in [-0.1, -0.05) is 0 Å². The monoisotopic (exact) mass is 346 g/mol. The largest absolute Gasteiger partial charge is 0.416 e. The number of carbonyl (C=O) groups is 2. The highest BCUT2D eigenvalue weighted by Gasteiger charge is 2.35. The molecule has 1 aliphatic rings. The van der Waals surface area contributed by atoms with Crippen molar-refractivity contribution >= 4 is 23.2 Å². The quantitative estimate of drug-likeness (QED) is 0.639. The molecule has 1 saturated heterocycles. The van der Waals surface area contributed by atoms with Gasteiger partial charge in [-0.3, -0.25) is 19.7 Å². The van der Waals surface area contributed by atoms with Crippen LogP contribution in [0.25, 0.3) is 0 Å². The maximum absolute atomic E-state index is 12.7. The van der Waals surface area contributed by atoms with Gasteiger partial charge in [0.05, 0.1) is 23.6 Å². The van der Waals surface area contributed by atoms with E-state index in [0.29, 0.717) is 6.07 Å². The van der Waals surface area contributed by atoms with Gasteiger partial charge in [0.2, 0.25) is 11.8 Å². The van der Waals surface area contributed by atoms with Crippen LogP contribution >= 0.6 is 0 Å². The Morgan fingerprint density at radius 1 is 1.33 bits per heavy atom. The van der Waals surface area contributed by atoms with E-state index >= 15 is 0 Å². The summed E-state index contributed by atoms with van der Waals surface area (Å²) in [5.74, 6) is -1.19. The summed E-state index contributed by atoms with van der Waals surface area (Å²) in [6, 6.07) is 2.14. The van der Waals surface area contributed by atoms with Crippen molar-refractivity contribution in [3.8, 4) is 0 Å². The molecule has 11 heteroatoms. The number of nitro groups is 1. The van der Waals surface area contributed by atoms with Gasteiger partial charge in [-0.25, -0.2) is 0 Å². The van der Waals surface area contributed by atoms with E-state index in [4.69, 9.17) is 5.73 Å². The van der Waals surface area contributed by atoms with Crippen molar-refractivity contribution in [3.05, 3.63) is 33.9 Å². The molecule has 1 heterocycles. The number of nitrogens with zero attached hydrogens (tertiary/aromatic N) is 3. The molecule has 0 atom stereocenters. The van der Waals surface area contributed by atoms with Crippen LogP contribution in [0.2, 0.25) is 0 Å². The average Bonchev–Trinajstić information content (AvgIpc) is 2.47. The molecule has 1 aromatic rings. The number of nitro benzene ring substituents is 1. The molecule has 1 aliphatic heterocycles. The van der Waals surface area contributed by atoms with Crippen LogP contribution in [-0.2, 0) is 15.8 Å². The van der Waals surface area contributed by atoms with Crippen molar-refractivity contribution in [3.63, 3.8) is 0 Å². The van der Waals surface area contributed by atoms with Gasteiger partial charge < -0.3 is 15.5 Å². The van der Waals surface area contributed by atoms with Crippen LogP contribution in [0.1, 0.15) is 5.56 Å². The molecule has 0 unspecified atom stereocenters. The number of rotatable bonds is 4. The number of anilines is 1. The molecule has 1 aromatic carbocycles. The van der Waals surface area contributed by atoms with Crippen LogP contribution in [0, 0.1) is 10.1 Å². The number of amides is 2. The Morgan fingerprint density at radius 3 is 2.50 bits per heavy atom. The molecular weight excluding hydrogens is 333 g/mol. The fourth-order valence-corrected chi connectivity index (χ4v) is 2.38. The fraction of sp³-hybridized carbons (Fsp3) is 0.385. The topological polar surface area (TPSA) is 110 Å². The van der Waals surface area contributed by atoms with Crippen LogP contribution in [0.15, 0.2) is 18.2 Å². The number of piperazine rings is 1. The summed E-state index contributed by atoms with van der Waals surface area (Å²) in [6.45, 7) is -0.355. The molecule has 0 bridgehead atoms. The van der Waals surface area contributed by atoms with E-state index in [0.717, 1.165) is 12.1 Å². The van der Waals surface area contributed by atoms with Gasteiger partial charge in [-0.2, -0.15) is 13.2 Å². The zero-order valence-electron chi connectivity index (χ0n) is 12.2. The number of halogens is 3. The first-order chi connectivity index (χ1) is 11.1. The zero-order valence-corrected chi connectivity index (χ0v) is 12.2. The molecule has 24 heavy (non-hydrogen) atoms. The SMILES string of the molecule is NC(=O)CN1CCN(c2ccc(C(F)(F)F)cc2[N+](=O)[O-])CC1=O. The van der Waals surface area contributed by atoms with Gasteiger partial charge in [0, 0.05) is 19.2 Å². The van der Waals surface area contributed by atoms with Crippen molar-refractivity contribution in [2.45, 2.75) is 6.18 Å². The molecule has 2 N–H and O–H groups in total. The first-order valence-electron chi connectivity index (χ1n) is 6.76. The molecule has 0 aromatic heterocycles. The van der Waals surface area contributed by atoms with Gasteiger partial charge in [0.15, 0.2) is 0 Å². The molecule has 2 amide bonds. The summed E-state index contributed by atoms with van der Waals surface area (Å²) in [4.78, 5) is 35.5. The maximum atomic E-state index is 12.7. The van der Waals surface area contributed by atoms with Gasteiger partial charge in [-0.15, -0.1) is 0 Å². The van der Waals surface area contributed by atoms with Gasteiger partial charge in [-0.05, 0) is 12.1 Å². The van der Waals surface area contributed by atoms with Gasteiger partial charge in [0.25, 0.3) is 5.69 Å². The van der Waals surface area contributed by atoms with E-state index in [1.807, 2.05) is 0 Å². The van der Waals surface area contributed by atoms with Crippen LogP contribution in [0.3, 0.4) is 0 Å². The molecular formula is C13H13F3N4O4. The third-order valence-corrected chi connectivity index (χ3v) is 3.51. The Kier molecular flexibility index (Phi) is 4.62. The van der Waals surface area contributed by atoms with Crippen molar-refractivity contribution in [2.75, 3.05) is 31.1 Å². The van der Waals surface area contributed by atoms with E-state index < -0.39 is 34.2 Å². The van der Waals surface area contributed by atoms with E-state index in [1.54, 1.807) is 0 Å². The highest BCUT2D eigenvalue weighted by atomic mass is 19.4. The first kappa shape index (κ1) is 17.5. The second kappa shape index (κ2) is 6.34. The second-order valence-corrected chi connectivity index (χ2v) is 5.16. The lowest BCUT2D eigenvalue weighted by atomic mass is 10.1. The first-order valence-corrected chi connectivity index (χ1v) is 6.76. The number of nitrogens with two attached hydrogens (primary N) is 1. The van der Waals surface area contributed by atoms with Crippen molar-refractivity contribution < 1.29 is 27.7 Å². The normalized spacial score (nSPS) is 15.5. The lowest BCUT2D eigenvalue weighted by Crippen LogP contribution is -2.52. The molecule has 130 valence electrons. The Hall–Kier alpha value is -2.85. The van der Waals surface area contributed by atoms with Crippen LogP contribution in [0.5, 0.6) is 0 Å². The number of benzene rings is 1. The number of alkyl halides is 3. The Morgan fingerprint density at radius 2 is 2.00 bits per heavy atom. The van der Waals surface area contributed by atoms with Crippen LogP contribution in [0.4, 0.5) is 24.5 Å². The summed E-state index contributed by atoms with van der Waals surface area (Å²) < 4.78 is 38.1. The third kappa shape index (κ3) is 3.73. The molecule has 0 aliphatic carbocycles. The van der Waals surface area contributed by atoms with Crippen molar-refractivity contribution in [1.29, 1.82) is 0 Å². The zero-order chi connectivity index (χ0) is 18.1. The number of hydrogen-bond acceptors (Lipinski definition) is 5. The van der Waals surface area contributed by atoms with E-state index in [-0.39, 0.29) is 31.9 Å². The fourth-order valence-electron chi connectivity index (χ4n) is 2.38. The summed E-state index contributed by atoms with van der Waals surface area (Å²) >= 11 is 0. The Balaban J connectivity index is 2.28. The van der Waals surface area contributed by atoms with E-state index in [1.165, 1.54) is 9.80 Å². The van der Waals surface area contributed by atoms with Crippen LogP contribution in [-0.4, -0.2) is 47.8 Å². The maximum Gasteiger partial charge on any atom is 0.416 e. The lowest BCUT2D eigenvalue weighted by molar-refractivity contribution is -0.384. The predicted octanol–water partition coefficient (Wildman–Crippen LogP) is 0.748. The van der Waals surface area contributed by atoms with Crippen molar-refractivity contribution in [2.24, 2.45) is 5.73 Å². The molecule has 0 spiro atoms. The molecule has 1 fully saturated rings. The van der Waals surface area contributed by atoms with E-state index in [2.05, 4.69) is 0 Å². The minimum atomic E-state index is -4.71. The summed E-state index contributed by atoms with van der Waals surface area (Å²) in [5.41, 5.74) is 3.05. The van der Waals surface area contributed by atoms with Gasteiger partial charge >= 0.3 is 6.18 Å². The minimum Gasteiger partial charge on any atom is -0.368 e. The highest BCUT2D eigenvalue weighted by molar-refractivity contribution is 5.88. The molecule has 2 rings (SSSR count). The number of primary amides is 1. The molecule has 0 radical (unpaired) electrons. The second-order valence-electron chi connectivity index (χ2n) is 5.16. The highest BCUT2D eigenvalue weighted by Crippen LogP contribution is 2.36. The summed E-state index contributed by atoms with van der Waals surface area (Å²) in [5, 5.41) is 11.1. The summed E-state index contributed by atoms with van der Waals surface area (Å²) in [7, 11) is 0. The number of hydrogen-bond donors (Lipinski definition) is 1. The van der Waals surface area contributed by atoms with Crippen LogP contribution < -0.4 is 10.6 Å². The predicted molar refractivity (Wildman–Crippen MR) is 76.1 cm³/mol. The smallest absolute Gasteiger partial charge is 0.368 e. The van der Waals surface area contributed by atoms with Crippen molar-refractivity contribution in [1.82, 2.24) is 4.90 Å². The molecule has 0 saturated carbocycles. The standard InChI is InChI=1S/C13H13F3N4O4/c14-13(15,16)8-1-2-9(10(5-8)20(23)24)18-3-4-19(6-11(17)21)12(22)7-18/h1-2,5H,3-4,6-7H2,(H2,17,21).